The third-order valence-corrected chi connectivity index (χ3v) is 14.5. The van der Waals surface area contributed by atoms with E-state index >= 15 is 0 Å². The summed E-state index contributed by atoms with van der Waals surface area (Å²) in [7, 11) is 0. The summed E-state index contributed by atoms with van der Waals surface area (Å²) < 4.78 is 25.0. The Kier molecular flexibility index (Phi) is 11.6. The summed E-state index contributed by atoms with van der Waals surface area (Å²) in [6, 6.07) is 38.8. The number of furan rings is 1. The molecule has 0 spiro atoms. The Balaban J connectivity index is 0.000000211. The fourth-order valence-corrected chi connectivity index (χ4v) is 10.6. The molecule has 1 atom stereocenters. The first-order valence-electron chi connectivity index (χ1n) is 19.5. The van der Waals surface area contributed by atoms with Gasteiger partial charge in [-0.15, -0.1) is 23.8 Å². The molecule has 0 amide bonds. The molecule has 4 aromatic heterocycles. The van der Waals surface area contributed by atoms with Crippen LogP contribution in [0.5, 0.6) is 0 Å². The van der Waals surface area contributed by atoms with Crippen LogP contribution in [0.1, 0.15) is 78.5 Å². The predicted octanol–water partition coefficient (Wildman–Crippen LogP) is 12.4. The van der Waals surface area contributed by atoms with Crippen LogP contribution in [-0.2, 0) is 20.1 Å². The molecule has 1 aliphatic rings. The minimum absolute atomic E-state index is 0. The summed E-state index contributed by atoms with van der Waals surface area (Å²) in [6.45, 7) is 5.98. The molecule has 7 aromatic rings. The summed E-state index contributed by atoms with van der Waals surface area (Å²) in [5.74, 6) is 6.23. The predicted molar refractivity (Wildman–Crippen MR) is 220 cm³/mol. The van der Waals surface area contributed by atoms with E-state index in [2.05, 4.69) is 82.7 Å². The van der Waals surface area contributed by atoms with Crippen LogP contribution in [0.3, 0.4) is 0 Å². The summed E-state index contributed by atoms with van der Waals surface area (Å²) in [5, 5.41) is 1.98. The van der Waals surface area contributed by atoms with E-state index in [9.17, 15) is 0 Å². The molecule has 4 heterocycles. The number of aromatic nitrogens is 3. The largest absolute Gasteiger partial charge is 0.486 e. The zero-order valence-corrected chi connectivity index (χ0v) is 36.1. The van der Waals surface area contributed by atoms with Gasteiger partial charge in [-0.1, -0.05) is 73.5 Å². The molecule has 1 saturated carbocycles. The van der Waals surface area contributed by atoms with Crippen molar-refractivity contribution in [3.63, 3.8) is 0 Å². The fraction of sp³-hybridized carbons (Fsp3) is 0.298. The van der Waals surface area contributed by atoms with E-state index in [4.69, 9.17) is 12.1 Å². The average Bonchev–Trinajstić information content (AvgIpc) is 3.55. The Labute approximate surface area is 334 Å². The smallest absolute Gasteiger partial charge is 0.216 e. The van der Waals surface area contributed by atoms with Crippen molar-refractivity contribution in [2.75, 3.05) is 0 Å². The van der Waals surface area contributed by atoms with Gasteiger partial charge in [0.15, 0.2) is 0 Å². The van der Waals surface area contributed by atoms with E-state index in [0.29, 0.717) is 11.6 Å². The second-order valence-corrected chi connectivity index (χ2v) is 25.8. The van der Waals surface area contributed by atoms with Gasteiger partial charge in [-0.05, 0) is 48.5 Å². The van der Waals surface area contributed by atoms with E-state index in [-0.39, 0.29) is 20.1 Å². The van der Waals surface area contributed by atoms with E-state index in [1.807, 2.05) is 86.9 Å². The standard InChI is InChI=1S/C30H27N2O.C17H22GeN.Ir/c1-20(21-8-4-2-5-9-21)23-16-17-31-28(19-23)24-12-15-29-26(18-24)25-13-14-27(32-30(25)33-29)22-10-6-3-7-11-22;1-13(2)15-11-17(14-9-7-6-8-10-14)19-12-16(15)18(3,4)5;/h3,6-7,10-11,13-21H,2,4-5,8-9H2,1H3;6-9,11-13H,1-5H3;/q2*-1;/i20D;13D;. The van der Waals surface area contributed by atoms with Crippen molar-refractivity contribution in [2.24, 2.45) is 5.92 Å². The van der Waals surface area contributed by atoms with Crippen molar-refractivity contribution >= 4 is 39.7 Å². The Morgan fingerprint density at radius 1 is 0.774 bits per heavy atom. The second kappa shape index (κ2) is 17.1. The maximum absolute atomic E-state index is 9.16. The molecule has 273 valence electrons. The molecule has 6 heteroatoms. The van der Waals surface area contributed by atoms with Crippen LogP contribution in [0, 0.1) is 18.1 Å². The number of rotatable bonds is 7. The van der Waals surface area contributed by atoms with Crippen molar-refractivity contribution in [2.45, 2.75) is 81.9 Å². The van der Waals surface area contributed by atoms with Crippen LogP contribution >= 0.6 is 0 Å². The Morgan fingerprint density at radius 3 is 2.25 bits per heavy atom. The number of hydrogen-bond donors (Lipinski definition) is 0. The van der Waals surface area contributed by atoms with Gasteiger partial charge in [-0.25, -0.2) is 4.98 Å². The van der Waals surface area contributed by atoms with Crippen LogP contribution in [0.4, 0.5) is 0 Å². The topological polar surface area (TPSA) is 51.8 Å². The van der Waals surface area contributed by atoms with Gasteiger partial charge in [0.1, 0.15) is 0 Å². The molecule has 8 rings (SSSR count). The molecule has 1 unspecified atom stereocenters. The van der Waals surface area contributed by atoms with Crippen molar-refractivity contribution < 1.29 is 27.3 Å². The first kappa shape index (κ1) is 36.1. The molecular weight excluding hydrogens is 887 g/mol. The molecule has 1 aliphatic carbocycles. The number of hydrogen-bond acceptors (Lipinski definition) is 4. The van der Waals surface area contributed by atoms with Crippen LogP contribution in [0.2, 0.25) is 17.3 Å². The van der Waals surface area contributed by atoms with Gasteiger partial charge in [0.25, 0.3) is 0 Å². The number of nitrogens with zero attached hydrogens (tertiary/aromatic N) is 3. The van der Waals surface area contributed by atoms with Crippen LogP contribution < -0.4 is 4.40 Å². The van der Waals surface area contributed by atoms with Gasteiger partial charge in [0.2, 0.25) is 5.71 Å². The summed E-state index contributed by atoms with van der Waals surface area (Å²) in [6.07, 6.45) is 9.86. The molecule has 0 aliphatic heterocycles. The van der Waals surface area contributed by atoms with Crippen LogP contribution in [0.15, 0.2) is 114 Å². The molecule has 3 aromatic carbocycles. The number of fused-ring (bicyclic) bond motifs is 3. The maximum Gasteiger partial charge on any atom is 0.216 e. The number of pyridine rings is 3. The molecule has 1 radical (unpaired) electrons. The fourth-order valence-electron chi connectivity index (χ4n) is 7.28. The Bertz CT molecular complexity index is 2380. The van der Waals surface area contributed by atoms with Crippen molar-refractivity contribution in [1.29, 1.82) is 0 Å². The Hall–Kier alpha value is -3.90. The minimum Gasteiger partial charge on any atom is -0.486 e. The maximum atomic E-state index is 9.16. The third kappa shape index (κ3) is 8.91. The molecule has 0 saturated heterocycles. The SMILES string of the molecule is [2H]C(C)(C)c1cc(-c2[c-]cccc2)nc[c]1[Ge]([CH3])([CH3])[CH3].[2H]C(C)(c1ccnc(-c2[c-]cc3oc4nc(-c5ccccc5)ccc4c3c2)c1)C1CCCCC1.[Ir]. The normalized spacial score (nSPS) is 15.4. The van der Waals surface area contributed by atoms with E-state index in [1.165, 1.54) is 23.7 Å². The third-order valence-electron chi connectivity index (χ3n) is 10.3. The number of benzene rings is 3. The van der Waals surface area contributed by atoms with Crippen molar-refractivity contribution in [3.05, 3.63) is 133 Å². The quantitative estimate of drug-likeness (QED) is 0.118. The summed E-state index contributed by atoms with van der Waals surface area (Å²) in [4.78, 5) is 14.0. The minimum atomic E-state index is -2.03. The Morgan fingerprint density at radius 2 is 1.53 bits per heavy atom. The second-order valence-electron chi connectivity index (χ2n) is 15.2. The van der Waals surface area contributed by atoms with Gasteiger partial charge >= 0.3 is 120 Å². The van der Waals surface area contributed by atoms with E-state index < -0.39 is 25.1 Å². The molecule has 0 bridgehead atoms. The molecule has 0 N–H and O–H groups in total. The summed E-state index contributed by atoms with van der Waals surface area (Å²) >= 11 is -2.03. The molecule has 4 nitrogen and oxygen atoms in total. The van der Waals surface area contributed by atoms with Crippen molar-refractivity contribution in [3.8, 4) is 33.8 Å². The van der Waals surface area contributed by atoms with Gasteiger partial charge in [0, 0.05) is 38.6 Å². The zero-order valence-electron chi connectivity index (χ0n) is 33.6. The van der Waals surface area contributed by atoms with Gasteiger partial charge in [-0.3, -0.25) is 0 Å². The molecule has 53 heavy (non-hydrogen) atoms. The first-order chi connectivity index (χ1) is 25.8. The monoisotopic (exact) mass is 940 g/mol. The van der Waals surface area contributed by atoms with E-state index in [0.717, 1.165) is 74.1 Å². The van der Waals surface area contributed by atoms with Gasteiger partial charge in [-0.2, -0.15) is 0 Å². The van der Waals surface area contributed by atoms with Crippen LogP contribution in [-0.4, -0.2) is 28.2 Å². The summed E-state index contributed by atoms with van der Waals surface area (Å²) in [5.41, 5.74) is 9.15. The zero-order chi connectivity index (χ0) is 38.1. The van der Waals surface area contributed by atoms with Gasteiger partial charge < -0.3 is 9.40 Å². The average molecular weight is 939 g/mol. The molecule has 1 fully saturated rings. The van der Waals surface area contributed by atoms with Crippen molar-refractivity contribution in [1.82, 2.24) is 15.0 Å². The molecular formula is C47H49GeIrN3O-2. The van der Waals surface area contributed by atoms with Crippen LogP contribution in [0.25, 0.3) is 55.8 Å². The van der Waals surface area contributed by atoms with E-state index in [1.54, 1.807) is 0 Å². The van der Waals surface area contributed by atoms with Gasteiger partial charge in [0.05, 0.1) is 11.3 Å². The first-order valence-corrected chi connectivity index (χ1v) is 25.9.